The fourth-order valence-electron chi connectivity index (χ4n) is 4.26. The van der Waals surface area contributed by atoms with E-state index in [1.807, 2.05) is 37.3 Å². The standard InChI is InChI=1S/C23H28N6O3S/c1-18-4-6-19(7-5-18)23-25-22(32-26-23)17-27-12-14-28(15-13-27)21-9-8-20(16-24-21)33(30,31)29-10-2-3-11-29/h4-9,16H,2-3,10-15,17H2,1H3. The van der Waals surface area contributed by atoms with Crippen molar-refractivity contribution in [1.82, 2.24) is 24.3 Å². The van der Waals surface area contributed by atoms with E-state index in [0.717, 1.165) is 50.4 Å². The largest absolute Gasteiger partial charge is 0.354 e. The normalized spacial score (nSPS) is 18.2. The summed E-state index contributed by atoms with van der Waals surface area (Å²) < 4.78 is 32.4. The van der Waals surface area contributed by atoms with Crippen LogP contribution in [0.4, 0.5) is 5.82 Å². The molecule has 33 heavy (non-hydrogen) atoms. The van der Waals surface area contributed by atoms with Gasteiger partial charge in [-0.05, 0) is 31.9 Å². The molecule has 2 aliphatic heterocycles. The number of sulfonamides is 1. The quantitative estimate of drug-likeness (QED) is 0.545. The molecule has 2 aliphatic rings. The molecule has 4 heterocycles. The number of nitrogens with zero attached hydrogens (tertiary/aromatic N) is 6. The zero-order chi connectivity index (χ0) is 22.8. The number of benzene rings is 1. The average Bonchev–Trinajstić information content (AvgIpc) is 3.53. The Labute approximate surface area is 194 Å². The lowest BCUT2D eigenvalue weighted by molar-refractivity contribution is 0.215. The summed E-state index contributed by atoms with van der Waals surface area (Å²) in [6.45, 7) is 7.10. The molecule has 0 saturated carbocycles. The minimum Gasteiger partial charge on any atom is -0.354 e. The molecular weight excluding hydrogens is 440 g/mol. The van der Waals surface area contributed by atoms with Gasteiger partial charge in [-0.15, -0.1) is 0 Å². The van der Waals surface area contributed by atoms with Gasteiger partial charge >= 0.3 is 0 Å². The molecule has 0 bridgehead atoms. The van der Waals surface area contributed by atoms with Crippen LogP contribution in [0.5, 0.6) is 0 Å². The zero-order valence-corrected chi connectivity index (χ0v) is 19.5. The van der Waals surface area contributed by atoms with Gasteiger partial charge in [0.15, 0.2) is 0 Å². The Morgan fingerprint density at radius 2 is 1.67 bits per heavy atom. The Kier molecular flexibility index (Phi) is 6.13. The second kappa shape index (κ2) is 9.20. The Balaban J connectivity index is 1.16. The number of piperazine rings is 1. The van der Waals surface area contributed by atoms with Gasteiger partial charge in [0.05, 0.1) is 6.54 Å². The second-order valence-electron chi connectivity index (χ2n) is 8.60. The van der Waals surface area contributed by atoms with Crippen molar-refractivity contribution in [2.24, 2.45) is 0 Å². The van der Waals surface area contributed by atoms with E-state index in [-0.39, 0.29) is 4.90 Å². The zero-order valence-electron chi connectivity index (χ0n) is 18.7. The van der Waals surface area contributed by atoms with E-state index in [0.29, 0.717) is 31.3 Å². The lowest BCUT2D eigenvalue weighted by Crippen LogP contribution is -2.46. The second-order valence-corrected chi connectivity index (χ2v) is 10.5. The van der Waals surface area contributed by atoms with Gasteiger partial charge in [0.1, 0.15) is 10.7 Å². The van der Waals surface area contributed by atoms with E-state index in [1.54, 1.807) is 10.4 Å². The maximum atomic E-state index is 12.7. The molecule has 0 N–H and O–H groups in total. The van der Waals surface area contributed by atoms with Gasteiger partial charge in [-0.25, -0.2) is 13.4 Å². The topological polar surface area (TPSA) is 95.7 Å². The molecule has 2 fully saturated rings. The number of aromatic nitrogens is 3. The molecular formula is C23H28N6O3S. The van der Waals surface area contributed by atoms with Gasteiger partial charge in [-0.1, -0.05) is 35.0 Å². The molecule has 0 amide bonds. The third kappa shape index (κ3) is 4.78. The van der Waals surface area contributed by atoms with Crippen molar-refractivity contribution in [3.05, 3.63) is 54.0 Å². The smallest absolute Gasteiger partial charge is 0.244 e. The minimum atomic E-state index is -3.43. The van der Waals surface area contributed by atoms with E-state index in [2.05, 4.69) is 24.9 Å². The van der Waals surface area contributed by atoms with Crippen LogP contribution in [-0.2, 0) is 16.6 Å². The molecule has 5 rings (SSSR count). The van der Waals surface area contributed by atoms with E-state index in [9.17, 15) is 8.42 Å². The van der Waals surface area contributed by atoms with Gasteiger partial charge in [-0.2, -0.15) is 9.29 Å². The van der Waals surface area contributed by atoms with E-state index >= 15 is 0 Å². The Morgan fingerprint density at radius 1 is 0.939 bits per heavy atom. The van der Waals surface area contributed by atoms with Crippen molar-refractivity contribution in [3.63, 3.8) is 0 Å². The fraction of sp³-hybridized carbons (Fsp3) is 0.435. The molecule has 0 unspecified atom stereocenters. The average molecular weight is 469 g/mol. The van der Waals surface area contributed by atoms with Gasteiger partial charge < -0.3 is 9.42 Å². The number of pyridine rings is 1. The van der Waals surface area contributed by atoms with Gasteiger partial charge in [0.2, 0.25) is 21.7 Å². The lowest BCUT2D eigenvalue weighted by atomic mass is 10.1. The van der Waals surface area contributed by atoms with E-state index in [1.165, 1.54) is 11.8 Å². The maximum absolute atomic E-state index is 12.7. The summed E-state index contributed by atoms with van der Waals surface area (Å²) in [6.07, 6.45) is 3.33. The molecule has 0 spiro atoms. The number of rotatable bonds is 6. The van der Waals surface area contributed by atoms with Crippen LogP contribution in [0, 0.1) is 6.92 Å². The number of hydrogen-bond acceptors (Lipinski definition) is 8. The first-order valence-corrected chi connectivity index (χ1v) is 12.8. The van der Waals surface area contributed by atoms with Gasteiger partial charge in [-0.3, -0.25) is 4.90 Å². The molecule has 10 heteroatoms. The summed E-state index contributed by atoms with van der Waals surface area (Å²) in [6, 6.07) is 11.5. The summed E-state index contributed by atoms with van der Waals surface area (Å²) >= 11 is 0. The minimum absolute atomic E-state index is 0.271. The van der Waals surface area contributed by atoms with Crippen molar-refractivity contribution in [2.75, 3.05) is 44.2 Å². The molecule has 2 saturated heterocycles. The Hall–Kier alpha value is -2.82. The third-order valence-corrected chi connectivity index (χ3v) is 8.14. The molecule has 0 atom stereocenters. The van der Waals surface area contributed by atoms with Gasteiger partial charge in [0.25, 0.3) is 0 Å². The van der Waals surface area contributed by atoms with E-state index < -0.39 is 10.0 Å². The van der Waals surface area contributed by atoms with Crippen molar-refractivity contribution >= 4 is 15.8 Å². The summed E-state index contributed by atoms with van der Waals surface area (Å²) in [5, 5.41) is 4.11. The molecule has 0 aliphatic carbocycles. The first-order chi connectivity index (χ1) is 16.0. The number of aryl methyl sites for hydroxylation is 1. The predicted octanol–water partition coefficient (Wildman–Crippen LogP) is 2.55. The number of hydrogen-bond donors (Lipinski definition) is 0. The van der Waals surface area contributed by atoms with Crippen LogP contribution >= 0.6 is 0 Å². The van der Waals surface area contributed by atoms with Crippen molar-refractivity contribution in [3.8, 4) is 11.4 Å². The summed E-state index contributed by atoms with van der Waals surface area (Å²) in [4.78, 5) is 13.7. The van der Waals surface area contributed by atoms with Crippen LogP contribution in [0.25, 0.3) is 11.4 Å². The highest BCUT2D eigenvalue weighted by molar-refractivity contribution is 7.89. The van der Waals surface area contributed by atoms with Crippen LogP contribution in [0.1, 0.15) is 24.3 Å². The van der Waals surface area contributed by atoms with E-state index in [4.69, 9.17) is 4.52 Å². The summed E-state index contributed by atoms with van der Waals surface area (Å²) in [5.41, 5.74) is 2.14. The predicted molar refractivity (Wildman–Crippen MR) is 124 cm³/mol. The molecule has 9 nitrogen and oxygen atoms in total. The highest BCUT2D eigenvalue weighted by atomic mass is 32.2. The first kappa shape index (κ1) is 22.0. The van der Waals surface area contributed by atoms with Crippen molar-refractivity contribution in [2.45, 2.75) is 31.2 Å². The fourth-order valence-corrected chi connectivity index (χ4v) is 5.72. The van der Waals surface area contributed by atoms with Crippen LogP contribution < -0.4 is 4.90 Å². The highest BCUT2D eigenvalue weighted by Gasteiger charge is 2.28. The van der Waals surface area contributed by atoms with Crippen LogP contribution in [-0.4, -0.2) is 72.0 Å². The summed E-state index contributed by atoms with van der Waals surface area (Å²) in [5.74, 6) is 2.01. The Bertz CT molecular complexity index is 1180. The SMILES string of the molecule is Cc1ccc(-c2noc(CN3CCN(c4ccc(S(=O)(=O)N5CCCC5)cn4)CC3)n2)cc1. The number of anilines is 1. The van der Waals surface area contributed by atoms with Gasteiger partial charge in [0, 0.05) is 51.0 Å². The maximum Gasteiger partial charge on any atom is 0.244 e. The molecule has 3 aromatic rings. The highest BCUT2D eigenvalue weighted by Crippen LogP contribution is 2.23. The van der Waals surface area contributed by atoms with Crippen molar-refractivity contribution in [1.29, 1.82) is 0 Å². The van der Waals surface area contributed by atoms with Crippen molar-refractivity contribution < 1.29 is 12.9 Å². The Morgan fingerprint density at radius 3 is 2.33 bits per heavy atom. The third-order valence-electron chi connectivity index (χ3n) is 6.26. The van der Waals surface area contributed by atoms with Crippen LogP contribution in [0.2, 0.25) is 0 Å². The van der Waals surface area contributed by atoms with Crippen LogP contribution in [0.15, 0.2) is 52.0 Å². The first-order valence-electron chi connectivity index (χ1n) is 11.3. The summed E-state index contributed by atoms with van der Waals surface area (Å²) in [7, 11) is -3.43. The molecule has 174 valence electrons. The lowest BCUT2D eigenvalue weighted by Gasteiger charge is -2.34. The molecule has 1 aromatic carbocycles. The monoisotopic (exact) mass is 468 g/mol. The van der Waals surface area contributed by atoms with Crippen LogP contribution in [0.3, 0.4) is 0 Å². The molecule has 2 aromatic heterocycles. The molecule has 0 radical (unpaired) electrons.